The third kappa shape index (κ3) is 14.8. The van der Waals surface area contributed by atoms with Gasteiger partial charge in [-0.25, -0.2) is 0 Å². The zero-order valence-corrected chi connectivity index (χ0v) is 43.2. The second kappa shape index (κ2) is 26.8. The van der Waals surface area contributed by atoms with Crippen molar-refractivity contribution in [2.24, 2.45) is 28.8 Å². The highest BCUT2D eigenvalue weighted by Gasteiger charge is 2.52. The topological polar surface area (TPSA) is 276 Å². The van der Waals surface area contributed by atoms with E-state index >= 15 is 0 Å². The van der Waals surface area contributed by atoms with Crippen molar-refractivity contribution in [3.8, 4) is 0 Å². The number of oxime groups is 1. The lowest BCUT2D eigenvalue weighted by atomic mass is 9.78. The van der Waals surface area contributed by atoms with E-state index in [1.807, 2.05) is 6.92 Å². The maximum Gasteiger partial charge on any atom is 0.308 e. The zero-order valence-electron chi connectivity index (χ0n) is 43.2. The Morgan fingerprint density at radius 3 is 2.06 bits per heavy atom. The summed E-state index contributed by atoms with van der Waals surface area (Å²) in [6.45, 7) is 13.5. The van der Waals surface area contributed by atoms with Gasteiger partial charge in [0.05, 0.1) is 67.0 Å². The quantitative estimate of drug-likeness (QED) is 0.0404. The summed E-state index contributed by atoms with van der Waals surface area (Å²) in [5.41, 5.74) is -0.636. The molecule has 22 atom stereocenters. The number of carbonyl (C=O) groups is 1. The van der Waals surface area contributed by atoms with Crippen LogP contribution in [0.3, 0.4) is 0 Å². The summed E-state index contributed by atoms with van der Waals surface area (Å²) in [5, 5.41) is 82.6. The Bertz CT molecular complexity index is 1620. The summed E-state index contributed by atoms with van der Waals surface area (Å²) in [6.07, 6.45) is -14.5. The number of carbonyl (C=O) groups excluding carboxylic acids is 1. The fraction of sp³-hybridized carbons (Fsp3) is 0.917. The minimum absolute atomic E-state index is 0.0367. The summed E-state index contributed by atoms with van der Waals surface area (Å²) in [4.78, 5) is 15.8. The highest BCUT2D eigenvalue weighted by Crippen LogP contribution is 2.39. The van der Waals surface area contributed by atoms with Gasteiger partial charge in [-0.3, -0.25) is 4.79 Å². The van der Waals surface area contributed by atoms with Crippen LogP contribution in [0, 0.1) is 23.7 Å². The molecule has 4 aliphatic rings. The van der Waals surface area contributed by atoms with Gasteiger partial charge >= 0.3 is 5.97 Å². The van der Waals surface area contributed by atoms with E-state index < -0.39 is 152 Å². The van der Waals surface area contributed by atoms with Crippen LogP contribution < -0.4 is 0 Å². The van der Waals surface area contributed by atoms with Crippen LogP contribution in [0.1, 0.15) is 93.9 Å². The summed E-state index contributed by atoms with van der Waals surface area (Å²) >= 11 is 0. The van der Waals surface area contributed by atoms with E-state index in [2.05, 4.69) is 5.16 Å². The van der Waals surface area contributed by atoms with E-state index in [4.69, 9.17) is 52.1 Å². The number of hydrogen-bond donors (Lipinski definition) is 7. The van der Waals surface area contributed by atoms with E-state index in [9.17, 15) is 40.6 Å². The molecule has 402 valence electrons. The molecule has 21 nitrogen and oxygen atoms in total. The molecule has 4 aliphatic heterocycles. The van der Waals surface area contributed by atoms with Gasteiger partial charge in [0.25, 0.3) is 0 Å². The maximum atomic E-state index is 14.0. The van der Waals surface area contributed by atoms with Crippen LogP contribution in [-0.2, 0) is 56.9 Å². The molecule has 21 heteroatoms. The lowest BCUT2D eigenvalue weighted by molar-refractivity contribution is -0.342. The Hall–Kier alpha value is -2.00. The fourth-order valence-electron chi connectivity index (χ4n) is 10.4. The van der Waals surface area contributed by atoms with Crippen molar-refractivity contribution < 1.29 is 92.7 Å². The van der Waals surface area contributed by atoms with Crippen molar-refractivity contribution in [3.63, 3.8) is 0 Å². The van der Waals surface area contributed by atoms with Gasteiger partial charge in [0.15, 0.2) is 25.2 Å². The Morgan fingerprint density at radius 2 is 1.49 bits per heavy atom. The van der Waals surface area contributed by atoms with E-state index in [1.165, 1.54) is 35.4 Å². The summed E-state index contributed by atoms with van der Waals surface area (Å²) in [7, 11) is 9.41. The molecule has 0 aromatic heterocycles. The summed E-state index contributed by atoms with van der Waals surface area (Å²) in [6, 6.07) is -0.748. The lowest BCUT2D eigenvalue weighted by Crippen LogP contribution is -2.65. The van der Waals surface area contributed by atoms with Crippen molar-refractivity contribution in [1.82, 2.24) is 4.90 Å². The van der Waals surface area contributed by atoms with E-state index in [1.54, 1.807) is 66.6 Å². The van der Waals surface area contributed by atoms with Crippen LogP contribution in [0.5, 0.6) is 0 Å². The molecule has 3 saturated heterocycles. The fourth-order valence-corrected chi connectivity index (χ4v) is 10.4. The SMILES string of the molecule is CC[C@H]1OC(=O)C[C@@H](O)[C@H](C)[C@@H](O[C@@H]2O[C@H](C)[C@@H](O[C@H]3C[C@@](C)(O)[C@@H](O)[C@H](C)O3)[C@H](N(C)C)[C@H]2O)[C@@H](CC(OC)OC)C[C@@H](C)/C(=N\O)C/C=C(\C)C(O)[C@@H]1CO[C@@H]1O[C@H](C)[C@@H](O)[C@@H](OC)[C@H]1OC. The molecule has 7 N–H and O–H groups in total. The molecule has 0 aromatic carbocycles. The first-order valence-electron chi connectivity index (χ1n) is 24.3. The molecular formula is C48H86N2O19. The van der Waals surface area contributed by atoms with Gasteiger partial charge in [-0.2, -0.15) is 0 Å². The second-order valence-corrected chi connectivity index (χ2v) is 20.0. The van der Waals surface area contributed by atoms with Crippen LogP contribution >= 0.6 is 0 Å². The number of nitrogens with zero attached hydrogens (tertiary/aromatic N) is 2. The van der Waals surface area contributed by atoms with Crippen LogP contribution in [0.2, 0.25) is 0 Å². The van der Waals surface area contributed by atoms with Gasteiger partial charge < -0.3 is 92.9 Å². The number of likely N-dealkylation sites (N-methyl/N-ethyl adjacent to an activating group) is 1. The molecule has 3 fully saturated rings. The number of aliphatic hydroxyl groups excluding tert-OH is 5. The normalized spacial score (nSPS) is 45.1. The molecule has 0 spiro atoms. The van der Waals surface area contributed by atoms with Crippen molar-refractivity contribution in [3.05, 3.63) is 11.6 Å². The van der Waals surface area contributed by atoms with E-state index in [0.717, 1.165) is 0 Å². The van der Waals surface area contributed by atoms with Crippen LogP contribution in [0.15, 0.2) is 16.8 Å². The first kappa shape index (κ1) is 59.6. The van der Waals surface area contributed by atoms with Gasteiger partial charge in [-0.1, -0.05) is 32.0 Å². The number of ether oxygens (including phenoxy) is 11. The van der Waals surface area contributed by atoms with E-state index in [-0.39, 0.29) is 38.7 Å². The molecule has 69 heavy (non-hydrogen) atoms. The molecular weight excluding hydrogens is 909 g/mol. The molecule has 4 rings (SSSR count). The Kier molecular flexibility index (Phi) is 23.1. The summed E-state index contributed by atoms with van der Waals surface area (Å²) < 4.78 is 66.6. The van der Waals surface area contributed by atoms with Crippen molar-refractivity contribution in [1.29, 1.82) is 0 Å². The predicted molar refractivity (Wildman–Crippen MR) is 248 cm³/mol. The summed E-state index contributed by atoms with van der Waals surface area (Å²) in [5.74, 6) is -3.46. The number of rotatable bonds is 15. The van der Waals surface area contributed by atoms with Crippen molar-refractivity contribution in [2.45, 2.75) is 210 Å². The molecule has 0 bridgehead atoms. The number of cyclic esters (lactones) is 1. The second-order valence-electron chi connectivity index (χ2n) is 20.0. The predicted octanol–water partition coefficient (Wildman–Crippen LogP) is 1.71. The molecule has 0 aromatic rings. The zero-order chi connectivity index (χ0) is 51.7. The molecule has 0 radical (unpaired) electrons. The van der Waals surface area contributed by atoms with Crippen LogP contribution in [0.4, 0.5) is 0 Å². The standard InChI is InChI=1S/C48H86N2O19/c1-15-33-30(22-63-47-44(62-14)43(61-13)39(54)26(5)65-47)38(53)23(2)16-17-31(49-58)24(3)18-29(19-35(59-11)60-12)41(25(4)32(51)20-34(52)67-33)69-46-40(55)37(50(9)10)42(27(6)66-46)68-36-21-48(8,57)45(56)28(7)64-36/h16,24-30,32-33,35-47,51,53-58H,15,17-22H2,1-14H3/b23-16+,49-31-/t24-,25+,26-,27-,28+,29-,30-,32-,33-,36+,37-,38?,39-,40-,41-,42-,43-,44-,45+,46+,47-,48-/m1/s1. The number of esters is 1. The minimum atomic E-state index is -1.50. The molecule has 0 saturated carbocycles. The molecule has 1 unspecified atom stereocenters. The monoisotopic (exact) mass is 995 g/mol. The molecule has 4 heterocycles. The van der Waals surface area contributed by atoms with Gasteiger partial charge in [-0.05, 0) is 79.0 Å². The average molecular weight is 995 g/mol. The number of allylic oxidation sites excluding steroid dienone is 1. The minimum Gasteiger partial charge on any atom is -0.462 e. The van der Waals surface area contributed by atoms with Crippen molar-refractivity contribution in [2.75, 3.05) is 49.1 Å². The first-order valence-corrected chi connectivity index (χ1v) is 24.3. The smallest absolute Gasteiger partial charge is 0.308 e. The van der Waals surface area contributed by atoms with Gasteiger partial charge in [-0.15, -0.1) is 0 Å². The number of methoxy groups -OCH3 is 4. The molecule has 0 aliphatic carbocycles. The third-order valence-electron chi connectivity index (χ3n) is 14.8. The first-order chi connectivity index (χ1) is 32.5. The van der Waals surface area contributed by atoms with Crippen LogP contribution in [0.25, 0.3) is 0 Å². The van der Waals surface area contributed by atoms with Crippen molar-refractivity contribution >= 4 is 11.7 Å². The Labute approximate surface area is 408 Å². The Balaban J connectivity index is 1.71. The number of aliphatic hydroxyl groups is 6. The third-order valence-corrected chi connectivity index (χ3v) is 14.8. The maximum absolute atomic E-state index is 14.0. The molecule has 0 amide bonds. The van der Waals surface area contributed by atoms with Gasteiger partial charge in [0.2, 0.25) is 0 Å². The van der Waals surface area contributed by atoms with E-state index in [0.29, 0.717) is 11.3 Å². The Morgan fingerprint density at radius 1 is 0.855 bits per heavy atom. The largest absolute Gasteiger partial charge is 0.462 e. The highest BCUT2D eigenvalue weighted by molar-refractivity contribution is 5.87. The number of hydrogen-bond acceptors (Lipinski definition) is 21. The van der Waals surface area contributed by atoms with Crippen LogP contribution in [-0.4, -0.2) is 218 Å². The highest BCUT2D eigenvalue weighted by atomic mass is 16.7. The average Bonchev–Trinajstić information content (AvgIpc) is 3.29. The van der Waals surface area contributed by atoms with Gasteiger partial charge in [0.1, 0.15) is 42.7 Å². The van der Waals surface area contributed by atoms with Gasteiger partial charge in [0, 0.05) is 59.5 Å². The lowest BCUT2D eigenvalue weighted by Gasteiger charge is -2.50.